The summed E-state index contributed by atoms with van der Waals surface area (Å²) in [4.78, 5) is 0. The highest BCUT2D eigenvalue weighted by atomic mass is 35.5. The summed E-state index contributed by atoms with van der Waals surface area (Å²) >= 11 is 0. The lowest BCUT2D eigenvalue weighted by Crippen LogP contribution is -2.40. The topological polar surface area (TPSA) is 58.2 Å². The smallest absolute Gasteiger partial charge is 0.211 e. The third kappa shape index (κ3) is 7.56. The predicted molar refractivity (Wildman–Crippen MR) is 78.8 cm³/mol. The van der Waals surface area contributed by atoms with Gasteiger partial charge >= 0.3 is 0 Å². The first-order valence-corrected chi connectivity index (χ1v) is 8.39. The van der Waals surface area contributed by atoms with E-state index in [1.165, 1.54) is 19.3 Å². The lowest BCUT2D eigenvalue weighted by atomic mass is 9.91. The van der Waals surface area contributed by atoms with Gasteiger partial charge in [0.25, 0.3) is 0 Å². The van der Waals surface area contributed by atoms with Gasteiger partial charge < -0.3 is 5.32 Å². The molecule has 0 aromatic heterocycles. The Balaban J connectivity index is 0.00000289. The largest absolute Gasteiger partial charge is 0.313 e. The molecule has 0 aromatic carbocycles. The molecule has 1 aliphatic rings. The van der Waals surface area contributed by atoms with Crippen molar-refractivity contribution in [2.45, 2.75) is 52.0 Å². The fourth-order valence-electron chi connectivity index (χ4n) is 2.40. The van der Waals surface area contributed by atoms with Crippen LogP contribution in [0.2, 0.25) is 0 Å². The van der Waals surface area contributed by atoms with Crippen LogP contribution in [0.1, 0.15) is 46.0 Å². The highest BCUT2D eigenvalue weighted by molar-refractivity contribution is 7.89. The van der Waals surface area contributed by atoms with Gasteiger partial charge in [0.05, 0.1) is 5.75 Å². The van der Waals surface area contributed by atoms with Gasteiger partial charge in [-0.15, -0.1) is 12.4 Å². The molecule has 18 heavy (non-hydrogen) atoms. The van der Waals surface area contributed by atoms with Crippen molar-refractivity contribution < 1.29 is 8.42 Å². The maximum Gasteiger partial charge on any atom is 0.211 e. The zero-order valence-electron chi connectivity index (χ0n) is 11.4. The van der Waals surface area contributed by atoms with Crippen molar-refractivity contribution in [1.82, 2.24) is 10.0 Å². The molecule has 0 bridgehead atoms. The van der Waals surface area contributed by atoms with Gasteiger partial charge in [0.1, 0.15) is 0 Å². The molecule has 1 fully saturated rings. The first kappa shape index (κ1) is 18.2. The number of sulfonamides is 1. The Kier molecular flexibility index (Phi) is 9.21. The van der Waals surface area contributed by atoms with Crippen molar-refractivity contribution >= 4 is 22.4 Å². The molecule has 0 heterocycles. The van der Waals surface area contributed by atoms with E-state index in [0.717, 1.165) is 19.4 Å². The van der Waals surface area contributed by atoms with Gasteiger partial charge in [0, 0.05) is 12.6 Å². The quantitative estimate of drug-likeness (QED) is 0.755. The molecular weight excluding hydrogens is 272 g/mol. The van der Waals surface area contributed by atoms with E-state index >= 15 is 0 Å². The van der Waals surface area contributed by atoms with E-state index in [-0.39, 0.29) is 18.4 Å². The van der Waals surface area contributed by atoms with Gasteiger partial charge in [-0.05, 0) is 32.2 Å². The summed E-state index contributed by atoms with van der Waals surface area (Å²) in [5.41, 5.74) is 0. The Morgan fingerprint density at radius 2 is 1.83 bits per heavy atom. The Hall–Kier alpha value is 0.160. The molecule has 0 saturated heterocycles. The molecule has 1 saturated carbocycles. The Bertz CT molecular complexity index is 303. The summed E-state index contributed by atoms with van der Waals surface area (Å²) in [7, 11) is -3.08. The van der Waals surface area contributed by atoms with E-state index in [2.05, 4.69) is 10.0 Å². The predicted octanol–water partition coefficient (Wildman–Crippen LogP) is 1.91. The average molecular weight is 299 g/mol. The highest BCUT2D eigenvalue weighted by Gasteiger charge is 2.21. The van der Waals surface area contributed by atoms with Gasteiger partial charge in [-0.25, -0.2) is 13.1 Å². The lowest BCUT2D eigenvalue weighted by Gasteiger charge is -2.22. The van der Waals surface area contributed by atoms with Crippen LogP contribution in [0, 0.1) is 5.92 Å². The number of nitrogens with one attached hydrogen (secondary N) is 2. The molecule has 1 rings (SSSR count). The number of rotatable bonds is 7. The first-order chi connectivity index (χ1) is 8.03. The van der Waals surface area contributed by atoms with E-state index in [4.69, 9.17) is 0 Å². The highest BCUT2D eigenvalue weighted by Crippen LogP contribution is 2.24. The zero-order chi connectivity index (χ0) is 12.7. The maximum absolute atomic E-state index is 11.9. The molecule has 1 aliphatic carbocycles. The van der Waals surface area contributed by atoms with Crippen LogP contribution in [0.4, 0.5) is 0 Å². The second kappa shape index (κ2) is 9.13. The van der Waals surface area contributed by atoms with Crippen LogP contribution >= 0.6 is 12.4 Å². The zero-order valence-corrected chi connectivity index (χ0v) is 13.1. The molecule has 0 aromatic rings. The van der Waals surface area contributed by atoms with Crippen LogP contribution in [0.15, 0.2) is 0 Å². The molecule has 2 N–H and O–H groups in total. The van der Waals surface area contributed by atoms with Crippen LogP contribution in [0.5, 0.6) is 0 Å². The number of hydrogen-bond donors (Lipinski definition) is 2. The van der Waals surface area contributed by atoms with Crippen molar-refractivity contribution in [2.75, 3.05) is 18.8 Å². The summed E-state index contributed by atoms with van der Waals surface area (Å²) < 4.78 is 26.4. The van der Waals surface area contributed by atoms with Crippen molar-refractivity contribution in [3.05, 3.63) is 0 Å². The third-order valence-electron chi connectivity index (χ3n) is 3.34. The summed E-state index contributed by atoms with van der Waals surface area (Å²) in [5.74, 6) is 0.682. The minimum atomic E-state index is -3.08. The normalized spacial score (nSPS) is 19.2. The monoisotopic (exact) mass is 298 g/mol. The molecular formula is C12H27ClN2O2S. The minimum Gasteiger partial charge on any atom is -0.313 e. The number of hydrogen-bond acceptors (Lipinski definition) is 3. The SMILES string of the molecule is CCN[C@H](C)CNS(=O)(=O)CC1CCCCC1.Cl. The standard InChI is InChI=1S/C12H26N2O2S.ClH/c1-3-13-11(2)9-14-17(15,16)10-12-7-5-4-6-8-12;/h11-14H,3-10H2,1-2H3;1H/t11-;/m1./s1. The van der Waals surface area contributed by atoms with Crippen LogP contribution < -0.4 is 10.0 Å². The summed E-state index contributed by atoms with van der Waals surface area (Å²) in [6, 6.07) is 0.195. The van der Waals surface area contributed by atoms with Crippen molar-refractivity contribution in [3.8, 4) is 0 Å². The van der Waals surface area contributed by atoms with Crippen molar-refractivity contribution in [3.63, 3.8) is 0 Å². The fourth-order valence-corrected chi connectivity index (χ4v) is 3.97. The molecule has 1 atom stereocenters. The van der Waals surface area contributed by atoms with Gasteiger partial charge in [0.2, 0.25) is 10.0 Å². The first-order valence-electron chi connectivity index (χ1n) is 6.74. The lowest BCUT2D eigenvalue weighted by molar-refractivity contribution is 0.383. The molecule has 0 unspecified atom stereocenters. The number of likely N-dealkylation sites (N-methyl/N-ethyl adjacent to an activating group) is 1. The molecule has 110 valence electrons. The van der Waals surface area contributed by atoms with E-state index in [1.807, 2.05) is 13.8 Å². The summed E-state index contributed by atoms with van der Waals surface area (Å²) in [6.07, 6.45) is 5.79. The molecule has 4 nitrogen and oxygen atoms in total. The summed E-state index contributed by atoms with van der Waals surface area (Å²) in [5, 5.41) is 3.19. The second-order valence-corrected chi connectivity index (χ2v) is 6.94. The van der Waals surface area contributed by atoms with E-state index in [1.54, 1.807) is 0 Å². The second-order valence-electron chi connectivity index (χ2n) is 5.09. The molecule has 0 amide bonds. The van der Waals surface area contributed by atoms with Crippen LogP contribution in [0.3, 0.4) is 0 Å². The Morgan fingerprint density at radius 1 is 1.22 bits per heavy atom. The Morgan fingerprint density at radius 3 is 2.39 bits per heavy atom. The average Bonchev–Trinajstić information content (AvgIpc) is 2.28. The summed E-state index contributed by atoms with van der Waals surface area (Å²) in [6.45, 7) is 5.37. The fraction of sp³-hybridized carbons (Fsp3) is 1.00. The Labute approximate surface area is 118 Å². The van der Waals surface area contributed by atoms with E-state index < -0.39 is 10.0 Å². The van der Waals surface area contributed by atoms with Gasteiger partial charge in [-0.2, -0.15) is 0 Å². The van der Waals surface area contributed by atoms with E-state index in [9.17, 15) is 8.42 Å². The van der Waals surface area contributed by atoms with Gasteiger partial charge in [-0.3, -0.25) is 0 Å². The third-order valence-corrected chi connectivity index (χ3v) is 4.86. The molecule has 0 spiro atoms. The minimum absolute atomic E-state index is 0. The maximum atomic E-state index is 11.9. The van der Waals surface area contributed by atoms with Crippen LogP contribution in [0.25, 0.3) is 0 Å². The van der Waals surface area contributed by atoms with Gasteiger partial charge in [0.15, 0.2) is 0 Å². The number of halogens is 1. The van der Waals surface area contributed by atoms with Crippen LogP contribution in [-0.4, -0.2) is 33.3 Å². The van der Waals surface area contributed by atoms with E-state index in [0.29, 0.717) is 18.2 Å². The van der Waals surface area contributed by atoms with Gasteiger partial charge in [-0.1, -0.05) is 26.2 Å². The van der Waals surface area contributed by atoms with Crippen molar-refractivity contribution in [1.29, 1.82) is 0 Å². The van der Waals surface area contributed by atoms with Crippen molar-refractivity contribution in [2.24, 2.45) is 5.92 Å². The molecule has 0 aliphatic heterocycles. The molecule has 0 radical (unpaired) electrons. The molecule has 6 heteroatoms. The van der Waals surface area contributed by atoms with Crippen LogP contribution in [-0.2, 0) is 10.0 Å².